The molecule has 2 aromatic rings. The standard InChI is InChI=1S/C26H28N2O6/c1-3-8-18-11-12-21(22(15-18)32-2)33-17-24(30)34-16-23(29)28-20-10-5-4-9-19(20)27-25(31)26(28)13-6-7-14-26/h3-5,8-12,15H,6-7,13-14,16-17H2,1-2H3,(H,27,31)/b8-3+. The van der Waals surface area contributed by atoms with Gasteiger partial charge in [-0.1, -0.05) is 43.2 Å². The maximum absolute atomic E-state index is 13.2. The highest BCUT2D eigenvalue weighted by atomic mass is 16.6. The van der Waals surface area contributed by atoms with Crippen LogP contribution >= 0.6 is 0 Å². The van der Waals surface area contributed by atoms with Crippen molar-refractivity contribution in [3.63, 3.8) is 0 Å². The number of esters is 1. The predicted octanol–water partition coefficient (Wildman–Crippen LogP) is 3.95. The van der Waals surface area contributed by atoms with E-state index in [0.29, 0.717) is 35.7 Å². The summed E-state index contributed by atoms with van der Waals surface area (Å²) in [6, 6.07) is 12.5. The first-order chi connectivity index (χ1) is 16.5. The molecular weight excluding hydrogens is 436 g/mol. The first kappa shape index (κ1) is 23.4. The lowest BCUT2D eigenvalue weighted by Gasteiger charge is -2.44. The van der Waals surface area contributed by atoms with Crippen LogP contribution in [0.15, 0.2) is 48.5 Å². The Morgan fingerprint density at radius 1 is 1.09 bits per heavy atom. The Morgan fingerprint density at radius 3 is 2.59 bits per heavy atom. The van der Waals surface area contributed by atoms with Gasteiger partial charge in [-0.3, -0.25) is 14.5 Å². The molecule has 1 fully saturated rings. The SMILES string of the molecule is C/C=C/c1ccc(OCC(=O)OCC(=O)N2c3ccccc3NC(=O)C23CCCC3)c(OC)c1. The summed E-state index contributed by atoms with van der Waals surface area (Å²) in [5.74, 6) is -0.446. The zero-order valence-corrected chi connectivity index (χ0v) is 19.3. The molecule has 1 heterocycles. The number of hydrogen-bond acceptors (Lipinski definition) is 6. The third-order valence-electron chi connectivity index (χ3n) is 6.17. The van der Waals surface area contributed by atoms with Gasteiger partial charge in [-0.05, 0) is 49.6 Å². The summed E-state index contributed by atoms with van der Waals surface area (Å²) in [6.45, 7) is 1.05. The van der Waals surface area contributed by atoms with Crippen LogP contribution in [0, 0.1) is 0 Å². The molecule has 2 amide bonds. The molecule has 2 aromatic carbocycles. The fourth-order valence-corrected chi connectivity index (χ4v) is 4.61. The van der Waals surface area contributed by atoms with Crippen LogP contribution in [-0.2, 0) is 19.1 Å². The van der Waals surface area contributed by atoms with E-state index in [9.17, 15) is 14.4 Å². The second-order valence-corrected chi connectivity index (χ2v) is 8.30. The molecule has 0 bridgehead atoms. The van der Waals surface area contributed by atoms with Crippen LogP contribution in [-0.4, -0.2) is 43.6 Å². The maximum Gasteiger partial charge on any atom is 0.344 e. The number of methoxy groups -OCH3 is 1. The Bertz CT molecular complexity index is 1120. The van der Waals surface area contributed by atoms with Crippen molar-refractivity contribution in [2.75, 3.05) is 30.5 Å². The number of para-hydroxylation sites is 2. The number of allylic oxidation sites excluding steroid dienone is 1. The number of fused-ring (bicyclic) bond motifs is 1. The minimum atomic E-state index is -0.948. The van der Waals surface area contributed by atoms with Crippen LogP contribution in [0.1, 0.15) is 38.2 Å². The molecule has 1 spiro atoms. The highest BCUT2D eigenvalue weighted by Gasteiger charge is 2.52. The number of rotatable bonds is 7. The summed E-state index contributed by atoms with van der Waals surface area (Å²) in [6.07, 6.45) is 6.66. The highest BCUT2D eigenvalue weighted by molar-refractivity contribution is 6.15. The Balaban J connectivity index is 1.42. The van der Waals surface area contributed by atoms with Crippen molar-refractivity contribution in [3.05, 3.63) is 54.1 Å². The number of nitrogens with zero attached hydrogens (tertiary/aromatic N) is 1. The topological polar surface area (TPSA) is 94.2 Å². The summed E-state index contributed by atoms with van der Waals surface area (Å²) in [4.78, 5) is 40.1. The fraction of sp³-hybridized carbons (Fsp3) is 0.346. The molecule has 2 aliphatic rings. The average molecular weight is 465 g/mol. The number of carbonyl (C=O) groups excluding carboxylic acids is 3. The fourth-order valence-electron chi connectivity index (χ4n) is 4.61. The molecule has 0 atom stereocenters. The molecule has 34 heavy (non-hydrogen) atoms. The minimum Gasteiger partial charge on any atom is -0.493 e. The third kappa shape index (κ3) is 4.48. The second-order valence-electron chi connectivity index (χ2n) is 8.30. The summed E-state index contributed by atoms with van der Waals surface area (Å²) in [5, 5.41) is 2.93. The smallest absolute Gasteiger partial charge is 0.344 e. The van der Waals surface area contributed by atoms with Crippen LogP contribution in [0.3, 0.4) is 0 Å². The van der Waals surface area contributed by atoms with Crippen molar-refractivity contribution < 1.29 is 28.6 Å². The van der Waals surface area contributed by atoms with E-state index >= 15 is 0 Å². The molecule has 1 aliphatic heterocycles. The van der Waals surface area contributed by atoms with Crippen LogP contribution in [0.4, 0.5) is 11.4 Å². The van der Waals surface area contributed by atoms with E-state index in [-0.39, 0.29) is 12.5 Å². The first-order valence-corrected chi connectivity index (χ1v) is 11.3. The molecule has 1 aliphatic carbocycles. The summed E-state index contributed by atoms with van der Waals surface area (Å²) in [7, 11) is 1.52. The van der Waals surface area contributed by atoms with Crippen molar-refractivity contribution in [1.29, 1.82) is 0 Å². The van der Waals surface area contributed by atoms with Gasteiger partial charge in [0.15, 0.2) is 24.7 Å². The van der Waals surface area contributed by atoms with E-state index in [2.05, 4.69) is 5.32 Å². The second kappa shape index (κ2) is 9.99. The number of ether oxygens (including phenoxy) is 3. The predicted molar refractivity (Wildman–Crippen MR) is 128 cm³/mol. The van der Waals surface area contributed by atoms with E-state index in [1.807, 2.05) is 31.2 Å². The van der Waals surface area contributed by atoms with Gasteiger partial charge in [-0.2, -0.15) is 0 Å². The summed E-state index contributed by atoms with van der Waals surface area (Å²) in [5.41, 5.74) is 1.18. The van der Waals surface area contributed by atoms with Crippen LogP contribution in [0.2, 0.25) is 0 Å². The largest absolute Gasteiger partial charge is 0.493 e. The number of nitrogens with one attached hydrogen (secondary N) is 1. The molecule has 1 N–H and O–H groups in total. The van der Waals surface area contributed by atoms with Crippen LogP contribution in [0.25, 0.3) is 6.08 Å². The number of benzene rings is 2. The van der Waals surface area contributed by atoms with E-state index in [0.717, 1.165) is 18.4 Å². The first-order valence-electron chi connectivity index (χ1n) is 11.3. The van der Waals surface area contributed by atoms with Crippen molar-refractivity contribution in [3.8, 4) is 11.5 Å². The van der Waals surface area contributed by atoms with Crippen molar-refractivity contribution in [1.82, 2.24) is 0 Å². The quantitative estimate of drug-likeness (QED) is 0.624. The lowest BCUT2D eigenvalue weighted by molar-refractivity contribution is -0.150. The number of amides is 2. The molecule has 4 rings (SSSR count). The zero-order chi connectivity index (χ0) is 24.1. The zero-order valence-electron chi connectivity index (χ0n) is 19.3. The maximum atomic E-state index is 13.2. The van der Waals surface area contributed by atoms with Gasteiger partial charge in [0.2, 0.25) is 0 Å². The molecule has 0 aromatic heterocycles. The molecule has 8 heteroatoms. The third-order valence-corrected chi connectivity index (χ3v) is 6.17. The number of hydrogen-bond donors (Lipinski definition) is 1. The lowest BCUT2D eigenvalue weighted by Crippen LogP contribution is -2.61. The number of carbonyl (C=O) groups is 3. The number of anilines is 2. The van der Waals surface area contributed by atoms with E-state index in [4.69, 9.17) is 14.2 Å². The van der Waals surface area contributed by atoms with Crippen molar-refractivity contribution in [2.45, 2.75) is 38.1 Å². The van der Waals surface area contributed by atoms with Gasteiger partial charge >= 0.3 is 5.97 Å². The Kier molecular flexibility index (Phi) is 6.86. The molecule has 8 nitrogen and oxygen atoms in total. The molecule has 0 unspecified atom stereocenters. The lowest BCUT2D eigenvalue weighted by atomic mass is 9.90. The Labute approximate surface area is 198 Å². The van der Waals surface area contributed by atoms with Crippen LogP contribution < -0.4 is 19.7 Å². The Morgan fingerprint density at radius 2 is 1.85 bits per heavy atom. The van der Waals surface area contributed by atoms with Gasteiger partial charge in [0, 0.05) is 0 Å². The minimum absolute atomic E-state index is 0.194. The molecule has 178 valence electrons. The van der Waals surface area contributed by atoms with Crippen LogP contribution in [0.5, 0.6) is 11.5 Å². The van der Waals surface area contributed by atoms with Gasteiger partial charge in [-0.15, -0.1) is 0 Å². The molecule has 0 radical (unpaired) electrons. The van der Waals surface area contributed by atoms with Crippen molar-refractivity contribution in [2.24, 2.45) is 0 Å². The monoisotopic (exact) mass is 464 g/mol. The van der Waals surface area contributed by atoms with Crippen molar-refractivity contribution >= 4 is 35.2 Å². The van der Waals surface area contributed by atoms with Gasteiger partial charge in [0.25, 0.3) is 11.8 Å². The van der Waals surface area contributed by atoms with E-state index in [1.54, 1.807) is 30.3 Å². The average Bonchev–Trinajstić information content (AvgIpc) is 3.33. The Hall–Kier alpha value is -3.81. The normalized spacial score (nSPS) is 16.3. The van der Waals surface area contributed by atoms with Gasteiger partial charge < -0.3 is 19.5 Å². The van der Waals surface area contributed by atoms with Gasteiger partial charge in [-0.25, -0.2) is 4.79 Å². The van der Waals surface area contributed by atoms with E-state index < -0.39 is 24.0 Å². The molecule has 1 saturated carbocycles. The molecular formula is C26H28N2O6. The van der Waals surface area contributed by atoms with Gasteiger partial charge in [0.1, 0.15) is 5.54 Å². The van der Waals surface area contributed by atoms with E-state index in [1.165, 1.54) is 12.0 Å². The summed E-state index contributed by atoms with van der Waals surface area (Å²) < 4.78 is 16.1. The highest BCUT2D eigenvalue weighted by Crippen LogP contribution is 2.45. The van der Waals surface area contributed by atoms with Gasteiger partial charge in [0.05, 0.1) is 18.5 Å². The summed E-state index contributed by atoms with van der Waals surface area (Å²) >= 11 is 0. The molecule has 0 saturated heterocycles.